The first kappa shape index (κ1) is 18.3. The van der Waals surface area contributed by atoms with Crippen LogP contribution in [-0.4, -0.2) is 22.6 Å². The summed E-state index contributed by atoms with van der Waals surface area (Å²) in [5.74, 6) is -0.0517. The highest BCUT2D eigenvalue weighted by molar-refractivity contribution is 7.14. The zero-order chi connectivity index (χ0) is 15.1. The lowest BCUT2D eigenvalue weighted by molar-refractivity contribution is -0.119. The van der Waals surface area contributed by atoms with Gasteiger partial charge < -0.3 is 11.1 Å². The van der Waals surface area contributed by atoms with Crippen LogP contribution in [0.3, 0.4) is 0 Å². The van der Waals surface area contributed by atoms with Crippen molar-refractivity contribution in [1.82, 2.24) is 15.5 Å². The van der Waals surface area contributed by atoms with Crippen LogP contribution in [0.4, 0.5) is 0 Å². The number of nitrogens with one attached hydrogen (secondary N) is 1. The number of hydrogen-bond acceptors (Lipinski definition) is 5. The smallest absolute Gasteiger partial charge is 0.217 e. The second-order valence-electron chi connectivity index (χ2n) is 4.85. The van der Waals surface area contributed by atoms with Gasteiger partial charge in [0.2, 0.25) is 5.91 Å². The molecule has 1 aromatic carbocycles. The third-order valence-electron chi connectivity index (χ3n) is 3.08. The van der Waals surface area contributed by atoms with Crippen molar-refractivity contribution in [2.75, 3.05) is 6.54 Å². The van der Waals surface area contributed by atoms with Gasteiger partial charge in [0, 0.05) is 12.5 Å². The molecule has 1 atom stereocenters. The monoisotopic (exact) mass is 320 g/mol. The Hall–Kier alpha value is -1.79. The summed E-state index contributed by atoms with van der Waals surface area (Å²) in [5.41, 5.74) is 6.57. The Balaban J connectivity index is 0.00000242. The molecule has 0 aliphatic heterocycles. The van der Waals surface area contributed by atoms with Gasteiger partial charge in [0.1, 0.15) is 10.0 Å². The van der Waals surface area contributed by atoms with Gasteiger partial charge in [-0.15, -0.1) is 10.2 Å². The van der Waals surface area contributed by atoms with E-state index in [4.69, 9.17) is 5.73 Å². The minimum absolute atomic E-state index is 0. The van der Waals surface area contributed by atoms with E-state index in [0.717, 1.165) is 34.8 Å². The number of nitrogens with two attached hydrogens (primary N) is 1. The maximum absolute atomic E-state index is 11.4. The van der Waals surface area contributed by atoms with Gasteiger partial charge in [-0.05, 0) is 25.8 Å². The summed E-state index contributed by atoms with van der Waals surface area (Å²) in [6, 6.07) is 9.85. The van der Waals surface area contributed by atoms with Crippen LogP contribution in [0.1, 0.15) is 44.7 Å². The van der Waals surface area contributed by atoms with Crippen molar-refractivity contribution in [3.63, 3.8) is 0 Å². The Bertz CT molecular complexity index is 571. The molecule has 0 radical (unpaired) electrons. The van der Waals surface area contributed by atoms with Gasteiger partial charge in [-0.25, -0.2) is 0 Å². The summed E-state index contributed by atoms with van der Waals surface area (Å²) in [5, 5.41) is 13.2. The highest BCUT2D eigenvalue weighted by Gasteiger charge is 2.18. The number of rotatable bonds is 7. The number of amides is 1. The molecule has 0 spiro atoms. The van der Waals surface area contributed by atoms with Crippen molar-refractivity contribution >= 4 is 17.2 Å². The fourth-order valence-corrected chi connectivity index (χ4v) is 3.00. The Morgan fingerprint density at radius 1 is 1.27 bits per heavy atom. The quantitative estimate of drug-likeness (QED) is 0.768. The van der Waals surface area contributed by atoms with Crippen LogP contribution < -0.4 is 11.1 Å². The Morgan fingerprint density at radius 2 is 2.00 bits per heavy atom. The second kappa shape index (κ2) is 9.27. The molecule has 0 fully saturated rings. The van der Waals surface area contributed by atoms with E-state index in [1.54, 1.807) is 0 Å². The molecule has 6 heteroatoms. The molecular formula is C16H24N4OS. The van der Waals surface area contributed by atoms with E-state index in [1.807, 2.05) is 30.3 Å². The Labute approximate surface area is 136 Å². The largest absolute Gasteiger partial charge is 0.347 e. The topological polar surface area (TPSA) is 80.9 Å². The van der Waals surface area contributed by atoms with Gasteiger partial charge >= 0.3 is 0 Å². The zero-order valence-electron chi connectivity index (χ0n) is 12.1. The van der Waals surface area contributed by atoms with Crippen LogP contribution in [0.25, 0.3) is 10.6 Å². The number of benzene rings is 1. The van der Waals surface area contributed by atoms with Gasteiger partial charge in [-0.1, -0.05) is 49.1 Å². The zero-order valence-corrected chi connectivity index (χ0v) is 12.9. The van der Waals surface area contributed by atoms with Gasteiger partial charge in [-0.2, -0.15) is 0 Å². The summed E-state index contributed by atoms with van der Waals surface area (Å²) in [4.78, 5) is 11.4. The van der Waals surface area contributed by atoms with Crippen molar-refractivity contribution in [1.29, 1.82) is 0 Å². The van der Waals surface area contributed by atoms with E-state index in [9.17, 15) is 4.79 Å². The van der Waals surface area contributed by atoms with Crippen LogP contribution in [0.5, 0.6) is 0 Å². The van der Waals surface area contributed by atoms with E-state index < -0.39 is 0 Å². The van der Waals surface area contributed by atoms with E-state index in [0.29, 0.717) is 6.54 Å². The molecule has 0 aliphatic carbocycles. The highest BCUT2D eigenvalue weighted by atomic mass is 32.1. The number of carbonyl (C=O) groups excluding carboxylic acids is 1. The maximum atomic E-state index is 11.4. The van der Waals surface area contributed by atoms with E-state index in [2.05, 4.69) is 15.5 Å². The molecule has 2 rings (SSSR count). The molecule has 5 nitrogen and oxygen atoms in total. The Morgan fingerprint density at radius 3 is 2.64 bits per heavy atom. The SMILES string of the molecule is C.CC(=O)N[C@@H](CCCCN)c1nnc(-c2ccccc2)s1. The first-order valence-corrected chi connectivity index (χ1v) is 7.88. The normalized spacial score (nSPS) is 11.5. The van der Waals surface area contributed by atoms with Crippen molar-refractivity contribution < 1.29 is 4.79 Å². The number of nitrogens with zero attached hydrogens (tertiary/aromatic N) is 2. The molecule has 1 aromatic heterocycles. The lowest BCUT2D eigenvalue weighted by Gasteiger charge is -2.14. The number of unbranched alkanes of at least 4 members (excludes halogenated alkanes) is 1. The molecule has 0 bridgehead atoms. The molecule has 120 valence electrons. The standard InChI is InChI=1S/C15H20N4OS.CH4/c1-11(20)17-13(9-5-6-10-16)15-19-18-14(21-15)12-7-3-2-4-8-12;/h2-4,7-8,13H,5-6,9-10,16H2,1H3,(H,17,20);1H4/t13-;/m0./s1. The molecule has 0 aliphatic rings. The van der Waals surface area contributed by atoms with E-state index >= 15 is 0 Å². The van der Waals surface area contributed by atoms with Crippen molar-refractivity contribution in [3.8, 4) is 10.6 Å². The van der Waals surface area contributed by atoms with Crippen molar-refractivity contribution in [2.24, 2.45) is 5.73 Å². The average Bonchev–Trinajstić information content (AvgIpc) is 2.97. The van der Waals surface area contributed by atoms with Gasteiger partial charge in [-0.3, -0.25) is 4.79 Å². The predicted molar refractivity (Wildman–Crippen MR) is 91.5 cm³/mol. The summed E-state index contributed by atoms with van der Waals surface area (Å²) < 4.78 is 0. The third kappa shape index (κ3) is 5.20. The molecule has 22 heavy (non-hydrogen) atoms. The van der Waals surface area contributed by atoms with Gasteiger partial charge in [0.15, 0.2) is 0 Å². The first-order valence-electron chi connectivity index (χ1n) is 7.06. The van der Waals surface area contributed by atoms with Gasteiger partial charge in [0.05, 0.1) is 6.04 Å². The average molecular weight is 320 g/mol. The number of aromatic nitrogens is 2. The van der Waals surface area contributed by atoms with Crippen LogP contribution in [0, 0.1) is 0 Å². The summed E-state index contributed by atoms with van der Waals surface area (Å²) in [7, 11) is 0. The fourth-order valence-electron chi connectivity index (χ4n) is 2.07. The molecule has 2 aromatic rings. The molecule has 0 saturated heterocycles. The minimum atomic E-state index is -0.0796. The lowest BCUT2D eigenvalue weighted by atomic mass is 10.1. The second-order valence-corrected chi connectivity index (χ2v) is 5.86. The van der Waals surface area contributed by atoms with E-state index in [-0.39, 0.29) is 19.4 Å². The lowest BCUT2D eigenvalue weighted by Crippen LogP contribution is -2.26. The molecular weight excluding hydrogens is 296 g/mol. The fraction of sp³-hybridized carbons (Fsp3) is 0.438. The first-order chi connectivity index (χ1) is 10.2. The van der Waals surface area contributed by atoms with Crippen molar-refractivity contribution in [2.45, 2.75) is 39.7 Å². The van der Waals surface area contributed by atoms with Crippen LogP contribution in [0.2, 0.25) is 0 Å². The maximum Gasteiger partial charge on any atom is 0.217 e. The number of hydrogen-bond donors (Lipinski definition) is 2. The molecule has 1 heterocycles. The van der Waals surface area contributed by atoms with E-state index in [1.165, 1.54) is 18.3 Å². The Kier molecular flexibility index (Phi) is 7.70. The summed E-state index contributed by atoms with van der Waals surface area (Å²) in [6.45, 7) is 2.19. The molecule has 0 unspecified atom stereocenters. The molecule has 3 N–H and O–H groups in total. The predicted octanol–water partition coefficient (Wildman–Crippen LogP) is 3.15. The van der Waals surface area contributed by atoms with Gasteiger partial charge in [0.25, 0.3) is 0 Å². The highest BCUT2D eigenvalue weighted by Crippen LogP contribution is 2.28. The van der Waals surface area contributed by atoms with Crippen molar-refractivity contribution in [3.05, 3.63) is 35.3 Å². The minimum Gasteiger partial charge on any atom is -0.347 e. The molecule has 0 saturated carbocycles. The summed E-state index contributed by atoms with van der Waals surface area (Å²) >= 11 is 1.53. The van der Waals surface area contributed by atoms with Crippen LogP contribution >= 0.6 is 11.3 Å². The van der Waals surface area contributed by atoms with Crippen LogP contribution in [0.15, 0.2) is 30.3 Å². The number of carbonyl (C=O) groups is 1. The molecule has 1 amide bonds. The third-order valence-corrected chi connectivity index (χ3v) is 4.17. The summed E-state index contributed by atoms with van der Waals surface area (Å²) in [6.07, 6.45) is 2.74. The van der Waals surface area contributed by atoms with Crippen LogP contribution in [-0.2, 0) is 4.79 Å².